The van der Waals surface area contributed by atoms with E-state index in [9.17, 15) is 4.79 Å². The molecule has 20 heavy (non-hydrogen) atoms. The van der Waals surface area contributed by atoms with Crippen LogP contribution in [0.2, 0.25) is 5.02 Å². The summed E-state index contributed by atoms with van der Waals surface area (Å²) in [7, 11) is 0. The van der Waals surface area contributed by atoms with Gasteiger partial charge in [-0.1, -0.05) is 11.6 Å². The number of hydrogen-bond acceptors (Lipinski definition) is 4. The van der Waals surface area contributed by atoms with Crippen molar-refractivity contribution in [3.05, 3.63) is 23.2 Å². The Hall–Kier alpha value is -0.910. The third kappa shape index (κ3) is 7.03. The molecule has 0 atom stereocenters. The van der Waals surface area contributed by atoms with Crippen molar-refractivity contribution in [2.75, 3.05) is 24.6 Å². The average molecular weight is 317 g/mol. The zero-order chi connectivity index (χ0) is 15.0. The molecule has 1 rings (SSSR count). The van der Waals surface area contributed by atoms with Crippen molar-refractivity contribution in [1.29, 1.82) is 0 Å². The summed E-state index contributed by atoms with van der Waals surface area (Å²) >= 11 is 7.41. The van der Waals surface area contributed by atoms with Crippen LogP contribution in [0.3, 0.4) is 0 Å². The molecule has 0 unspecified atom stereocenters. The Morgan fingerprint density at radius 2 is 2.25 bits per heavy atom. The van der Waals surface area contributed by atoms with Gasteiger partial charge in [-0.15, -0.1) is 11.8 Å². The van der Waals surface area contributed by atoms with Crippen LogP contribution in [0.1, 0.15) is 20.3 Å². The number of rotatable bonds is 8. The number of hydrogen-bond donors (Lipinski definition) is 2. The highest BCUT2D eigenvalue weighted by Crippen LogP contribution is 2.28. The van der Waals surface area contributed by atoms with E-state index in [-0.39, 0.29) is 12.0 Å². The molecule has 0 saturated carbocycles. The van der Waals surface area contributed by atoms with Crippen LogP contribution in [0.15, 0.2) is 23.1 Å². The van der Waals surface area contributed by atoms with Gasteiger partial charge in [0.25, 0.3) is 0 Å². The lowest BCUT2D eigenvalue weighted by atomic mass is 10.3. The first kappa shape index (κ1) is 17.1. The van der Waals surface area contributed by atoms with Gasteiger partial charge in [-0.3, -0.25) is 4.79 Å². The van der Waals surface area contributed by atoms with Crippen LogP contribution >= 0.6 is 23.4 Å². The van der Waals surface area contributed by atoms with E-state index >= 15 is 0 Å². The van der Waals surface area contributed by atoms with Crippen LogP contribution in [0.4, 0.5) is 5.69 Å². The van der Waals surface area contributed by atoms with E-state index in [4.69, 9.17) is 22.1 Å². The maximum absolute atomic E-state index is 11.7. The second kappa shape index (κ2) is 9.10. The van der Waals surface area contributed by atoms with E-state index in [1.165, 1.54) is 11.8 Å². The normalized spacial score (nSPS) is 10.8. The number of nitrogens with two attached hydrogens (primary N) is 1. The van der Waals surface area contributed by atoms with Crippen molar-refractivity contribution < 1.29 is 9.53 Å². The lowest BCUT2D eigenvalue weighted by Crippen LogP contribution is -2.27. The van der Waals surface area contributed by atoms with E-state index in [0.29, 0.717) is 29.6 Å². The lowest BCUT2D eigenvalue weighted by Gasteiger charge is -2.08. The fourth-order valence-corrected chi connectivity index (χ4v) is 2.54. The van der Waals surface area contributed by atoms with E-state index in [1.807, 2.05) is 13.8 Å². The molecule has 6 heteroatoms. The van der Waals surface area contributed by atoms with Crippen molar-refractivity contribution >= 4 is 35.0 Å². The van der Waals surface area contributed by atoms with Crippen molar-refractivity contribution in [1.82, 2.24) is 5.32 Å². The molecule has 3 N–H and O–H groups in total. The third-order valence-corrected chi connectivity index (χ3v) is 3.91. The number of halogens is 1. The molecule has 4 nitrogen and oxygen atoms in total. The molecule has 1 aromatic rings. The number of nitrogen functional groups attached to an aromatic ring is 1. The Morgan fingerprint density at radius 1 is 1.50 bits per heavy atom. The SMILES string of the molecule is CC(C)OCCCNC(=O)CSc1cc(N)ccc1Cl. The molecule has 0 radical (unpaired) electrons. The summed E-state index contributed by atoms with van der Waals surface area (Å²) in [5, 5.41) is 3.46. The number of carbonyl (C=O) groups excluding carboxylic acids is 1. The fraction of sp³-hybridized carbons (Fsp3) is 0.500. The predicted octanol–water partition coefficient (Wildman–Crippen LogP) is 2.95. The largest absolute Gasteiger partial charge is 0.399 e. The summed E-state index contributed by atoms with van der Waals surface area (Å²) in [5.41, 5.74) is 6.33. The Balaban J connectivity index is 2.21. The Kier molecular flexibility index (Phi) is 7.80. The first-order chi connectivity index (χ1) is 9.49. The monoisotopic (exact) mass is 316 g/mol. The lowest BCUT2D eigenvalue weighted by molar-refractivity contribution is -0.118. The molecule has 0 saturated heterocycles. The predicted molar refractivity (Wildman–Crippen MR) is 85.3 cm³/mol. The first-order valence-electron chi connectivity index (χ1n) is 6.55. The van der Waals surface area contributed by atoms with Gasteiger partial charge >= 0.3 is 0 Å². The van der Waals surface area contributed by atoms with Gasteiger partial charge in [0, 0.05) is 23.7 Å². The molecular weight excluding hydrogens is 296 g/mol. The Morgan fingerprint density at radius 3 is 2.95 bits per heavy atom. The number of carbonyl (C=O) groups is 1. The van der Waals surface area contributed by atoms with E-state index in [2.05, 4.69) is 5.32 Å². The number of thioether (sulfide) groups is 1. The summed E-state index contributed by atoms with van der Waals surface area (Å²) in [4.78, 5) is 12.5. The van der Waals surface area contributed by atoms with Crippen LogP contribution in [0.25, 0.3) is 0 Å². The molecule has 0 heterocycles. The molecule has 0 fully saturated rings. The zero-order valence-corrected chi connectivity index (χ0v) is 13.4. The fourth-order valence-electron chi connectivity index (χ4n) is 1.44. The van der Waals surface area contributed by atoms with E-state index < -0.39 is 0 Å². The molecule has 0 aliphatic carbocycles. The van der Waals surface area contributed by atoms with Gasteiger partial charge in [0.05, 0.1) is 16.9 Å². The number of nitrogens with one attached hydrogen (secondary N) is 1. The van der Waals surface area contributed by atoms with Crippen LogP contribution in [0.5, 0.6) is 0 Å². The average Bonchev–Trinajstić information content (AvgIpc) is 2.39. The standard InChI is InChI=1S/C14H21ClN2O2S/c1-10(2)19-7-3-6-17-14(18)9-20-13-8-11(16)4-5-12(13)15/h4-5,8,10H,3,6-7,9,16H2,1-2H3,(H,17,18). The van der Waals surface area contributed by atoms with Gasteiger partial charge in [-0.05, 0) is 38.5 Å². The van der Waals surface area contributed by atoms with Crippen LogP contribution in [-0.4, -0.2) is 30.9 Å². The maximum atomic E-state index is 11.7. The van der Waals surface area contributed by atoms with Gasteiger partial charge < -0.3 is 15.8 Å². The highest BCUT2D eigenvalue weighted by molar-refractivity contribution is 8.00. The van der Waals surface area contributed by atoms with Crippen molar-refractivity contribution in [2.45, 2.75) is 31.3 Å². The second-order valence-corrected chi connectivity index (χ2v) is 6.03. The molecule has 0 aromatic heterocycles. The van der Waals surface area contributed by atoms with Crippen molar-refractivity contribution in [3.8, 4) is 0 Å². The summed E-state index contributed by atoms with van der Waals surface area (Å²) in [6.45, 7) is 5.26. The van der Waals surface area contributed by atoms with Crippen molar-refractivity contribution in [3.63, 3.8) is 0 Å². The minimum Gasteiger partial charge on any atom is -0.399 e. The minimum atomic E-state index is -0.0157. The molecule has 1 aromatic carbocycles. The van der Waals surface area contributed by atoms with Gasteiger partial charge in [-0.25, -0.2) is 0 Å². The second-order valence-electron chi connectivity index (χ2n) is 4.60. The van der Waals surface area contributed by atoms with Crippen molar-refractivity contribution in [2.24, 2.45) is 0 Å². The quantitative estimate of drug-likeness (QED) is 0.440. The number of amides is 1. The molecule has 0 aliphatic heterocycles. The van der Waals surface area contributed by atoms with Gasteiger partial charge in [0.1, 0.15) is 0 Å². The van der Waals surface area contributed by atoms with Crippen LogP contribution in [-0.2, 0) is 9.53 Å². The maximum Gasteiger partial charge on any atom is 0.230 e. The number of benzene rings is 1. The summed E-state index contributed by atoms with van der Waals surface area (Å²) in [6.07, 6.45) is 1.04. The topological polar surface area (TPSA) is 64.3 Å². The third-order valence-electron chi connectivity index (χ3n) is 2.41. The number of ether oxygens (including phenoxy) is 1. The smallest absolute Gasteiger partial charge is 0.230 e. The summed E-state index contributed by atoms with van der Waals surface area (Å²) in [6, 6.07) is 5.25. The zero-order valence-electron chi connectivity index (χ0n) is 11.8. The van der Waals surface area contributed by atoms with Gasteiger partial charge in [0.15, 0.2) is 0 Å². The highest BCUT2D eigenvalue weighted by Gasteiger charge is 2.06. The summed E-state index contributed by atoms with van der Waals surface area (Å²) in [5.74, 6) is 0.312. The summed E-state index contributed by atoms with van der Waals surface area (Å²) < 4.78 is 5.39. The van der Waals surface area contributed by atoms with Crippen LogP contribution in [0, 0.1) is 0 Å². The highest BCUT2D eigenvalue weighted by atomic mass is 35.5. The van der Waals surface area contributed by atoms with Gasteiger partial charge in [0.2, 0.25) is 5.91 Å². The van der Waals surface area contributed by atoms with E-state index in [0.717, 1.165) is 11.3 Å². The van der Waals surface area contributed by atoms with E-state index in [1.54, 1.807) is 18.2 Å². The first-order valence-corrected chi connectivity index (χ1v) is 7.91. The molecule has 1 amide bonds. The minimum absolute atomic E-state index is 0.0157. The Labute approximate surface area is 129 Å². The molecule has 0 spiro atoms. The number of anilines is 1. The van der Waals surface area contributed by atoms with Gasteiger partial charge in [-0.2, -0.15) is 0 Å². The van der Waals surface area contributed by atoms with Crippen LogP contribution < -0.4 is 11.1 Å². The molecule has 0 bridgehead atoms. The molecule has 112 valence electrons. The molecule has 0 aliphatic rings. The molecular formula is C14H21ClN2O2S. The Bertz CT molecular complexity index is 441.